The maximum absolute atomic E-state index is 12.6. The Morgan fingerprint density at radius 1 is 1.12 bits per heavy atom. The number of ether oxygens (including phenoxy) is 3. The van der Waals surface area contributed by atoms with Crippen LogP contribution in [0.4, 0.5) is 0 Å². The van der Waals surface area contributed by atoms with Crippen molar-refractivity contribution in [3.8, 4) is 11.5 Å². The molecule has 2 unspecified atom stereocenters. The van der Waals surface area contributed by atoms with E-state index in [-0.39, 0.29) is 31.7 Å². The molecule has 146 valence electrons. The normalized spacial score (nSPS) is 12.8. The van der Waals surface area contributed by atoms with Crippen molar-refractivity contribution >= 4 is 11.9 Å². The van der Waals surface area contributed by atoms with Gasteiger partial charge in [-0.1, -0.05) is 13.8 Å². The first-order chi connectivity index (χ1) is 12.5. The van der Waals surface area contributed by atoms with Crippen molar-refractivity contribution in [1.82, 2.24) is 4.90 Å². The Kier molecular flexibility index (Phi) is 9.51. The van der Waals surface area contributed by atoms with Crippen LogP contribution in [0.15, 0.2) is 24.3 Å². The second-order valence-electron chi connectivity index (χ2n) is 5.91. The van der Waals surface area contributed by atoms with E-state index in [4.69, 9.17) is 14.2 Å². The number of benzene rings is 1. The fraction of sp³-hybridized carbons (Fsp3) is 0.579. The highest BCUT2D eigenvalue weighted by Crippen LogP contribution is 2.18. The third-order valence-corrected chi connectivity index (χ3v) is 4.01. The zero-order valence-electron chi connectivity index (χ0n) is 15.9. The van der Waals surface area contributed by atoms with Gasteiger partial charge in [-0.3, -0.25) is 9.59 Å². The average Bonchev–Trinajstić information content (AvgIpc) is 2.66. The molecular weight excluding hydrogens is 338 g/mol. The van der Waals surface area contributed by atoms with Gasteiger partial charge in [0.1, 0.15) is 11.5 Å². The minimum absolute atomic E-state index is 0.164. The number of amides is 1. The highest BCUT2D eigenvalue weighted by molar-refractivity contribution is 5.79. The number of carbonyl (C=O) groups excluding carboxylic acids is 2. The molecule has 1 rings (SSSR count). The molecule has 0 saturated carbocycles. The fourth-order valence-corrected chi connectivity index (χ4v) is 2.50. The van der Waals surface area contributed by atoms with Gasteiger partial charge in [-0.2, -0.15) is 0 Å². The van der Waals surface area contributed by atoms with Gasteiger partial charge >= 0.3 is 5.97 Å². The molecule has 0 aliphatic heterocycles. The van der Waals surface area contributed by atoms with Crippen molar-refractivity contribution < 1.29 is 28.9 Å². The molecule has 0 spiro atoms. The molecule has 7 nitrogen and oxygen atoms in total. The topological polar surface area (TPSA) is 85.3 Å². The molecule has 1 N–H and O–H groups in total. The third-order valence-electron chi connectivity index (χ3n) is 4.01. The van der Waals surface area contributed by atoms with Crippen molar-refractivity contribution in [3.63, 3.8) is 0 Å². The lowest BCUT2D eigenvalue weighted by Gasteiger charge is -2.31. The van der Waals surface area contributed by atoms with Crippen molar-refractivity contribution in [3.05, 3.63) is 24.3 Å². The maximum atomic E-state index is 12.6. The van der Waals surface area contributed by atoms with Gasteiger partial charge in [0.05, 0.1) is 32.3 Å². The van der Waals surface area contributed by atoms with Crippen LogP contribution in [0.2, 0.25) is 0 Å². The molecule has 1 amide bonds. The van der Waals surface area contributed by atoms with E-state index in [0.717, 1.165) is 5.75 Å². The van der Waals surface area contributed by atoms with Crippen LogP contribution < -0.4 is 9.47 Å². The van der Waals surface area contributed by atoms with E-state index in [1.165, 1.54) is 12.0 Å². The van der Waals surface area contributed by atoms with E-state index in [9.17, 15) is 14.7 Å². The lowest BCUT2D eigenvalue weighted by atomic mass is 10.1. The van der Waals surface area contributed by atoms with E-state index >= 15 is 0 Å². The largest absolute Gasteiger partial charge is 0.494 e. The number of hydrogen-bond acceptors (Lipinski definition) is 6. The molecule has 0 heterocycles. The summed E-state index contributed by atoms with van der Waals surface area (Å²) in [5.41, 5.74) is 0. The SMILES string of the molecule is CCOc1ccc(OCC(=O)N(CC(C)C(=O)OC)C(CC)CO)cc1. The summed E-state index contributed by atoms with van der Waals surface area (Å²) >= 11 is 0. The van der Waals surface area contributed by atoms with E-state index < -0.39 is 11.9 Å². The van der Waals surface area contributed by atoms with Gasteiger partial charge in [-0.15, -0.1) is 0 Å². The summed E-state index contributed by atoms with van der Waals surface area (Å²) in [6, 6.07) is 6.61. The number of esters is 1. The third kappa shape index (κ3) is 6.55. The first-order valence-corrected chi connectivity index (χ1v) is 8.80. The van der Waals surface area contributed by atoms with Gasteiger partial charge in [0.15, 0.2) is 6.61 Å². The van der Waals surface area contributed by atoms with Gasteiger partial charge in [0.2, 0.25) is 0 Å². The Bertz CT molecular complexity index is 556. The van der Waals surface area contributed by atoms with Gasteiger partial charge in [0.25, 0.3) is 5.91 Å². The average molecular weight is 367 g/mol. The van der Waals surface area contributed by atoms with Gasteiger partial charge in [-0.05, 0) is 37.6 Å². The van der Waals surface area contributed by atoms with Crippen LogP contribution in [-0.4, -0.2) is 61.4 Å². The molecule has 2 atom stereocenters. The summed E-state index contributed by atoms with van der Waals surface area (Å²) < 4.78 is 15.6. The monoisotopic (exact) mass is 367 g/mol. The van der Waals surface area contributed by atoms with Crippen LogP contribution in [-0.2, 0) is 14.3 Å². The van der Waals surface area contributed by atoms with Crippen LogP contribution in [0.1, 0.15) is 27.2 Å². The zero-order chi connectivity index (χ0) is 19.5. The maximum Gasteiger partial charge on any atom is 0.310 e. The molecule has 0 saturated heterocycles. The summed E-state index contributed by atoms with van der Waals surface area (Å²) in [5.74, 6) is 0.0828. The highest BCUT2D eigenvalue weighted by atomic mass is 16.5. The van der Waals surface area contributed by atoms with Gasteiger partial charge < -0.3 is 24.2 Å². The first kappa shape index (κ1) is 21.8. The smallest absolute Gasteiger partial charge is 0.310 e. The fourth-order valence-electron chi connectivity index (χ4n) is 2.50. The van der Waals surface area contributed by atoms with Crippen molar-refractivity contribution in [2.75, 3.05) is 33.5 Å². The number of rotatable bonds is 11. The number of aliphatic hydroxyl groups excluding tert-OH is 1. The number of methoxy groups -OCH3 is 1. The molecule has 0 fully saturated rings. The Morgan fingerprint density at radius 3 is 2.15 bits per heavy atom. The molecule has 26 heavy (non-hydrogen) atoms. The lowest BCUT2D eigenvalue weighted by Crippen LogP contribution is -2.47. The molecule has 0 aromatic heterocycles. The summed E-state index contributed by atoms with van der Waals surface area (Å²) in [4.78, 5) is 25.8. The second kappa shape index (κ2) is 11.4. The Balaban J connectivity index is 2.73. The van der Waals surface area contributed by atoms with Crippen molar-refractivity contribution in [1.29, 1.82) is 0 Å². The Morgan fingerprint density at radius 2 is 1.69 bits per heavy atom. The van der Waals surface area contributed by atoms with E-state index in [1.807, 2.05) is 13.8 Å². The molecule has 0 radical (unpaired) electrons. The quantitative estimate of drug-likeness (QED) is 0.601. The molecule has 0 aliphatic rings. The van der Waals surface area contributed by atoms with E-state index in [1.54, 1.807) is 31.2 Å². The predicted octanol–water partition coefficient (Wildman–Crippen LogP) is 1.87. The molecule has 7 heteroatoms. The Labute approximate surface area is 154 Å². The van der Waals surface area contributed by atoms with Crippen LogP contribution in [0.3, 0.4) is 0 Å². The zero-order valence-corrected chi connectivity index (χ0v) is 15.9. The molecule has 1 aromatic carbocycles. The summed E-state index contributed by atoms with van der Waals surface area (Å²) in [6.07, 6.45) is 0.569. The van der Waals surface area contributed by atoms with Gasteiger partial charge in [0, 0.05) is 6.54 Å². The minimum Gasteiger partial charge on any atom is -0.494 e. The number of carbonyl (C=O) groups is 2. The van der Waals surface area contributed by atoms with Crippen LogP contribution in [0.5, 0.6) is 11.5 Å². The summed E-state index contributed by atoms with van der Waals surface area (Å²) in [7, 11) is 1.31. The second-order valence-corrected chi connectivity index (χ2v) is 5.91. The number of hydrogen-bond donors (Lipinski definition) is 1. The Hall–Kier alpha value is -2.28. The van der Waals surface area contributed by atoms with Gasteiger partial charge in [-0.25, -0.2) is 0 Å². The van der Waals surface area contributed by atoms with Crippen LogP contribution >= 0.6 is 0 Å². The summed E-state index contributed by atoms with van der Waals surface area (Å²) in [5, 5.41) is 9.56. The van der Waals surface area contributed by atoms with Crippen molar-refractivity contribution in [2.45, 2.75) is 33.2 Å². The minimum atomic E-state index is -0.491. The molecule has 0 aliphatic carbocycles. The summed E-state index contributed by atoms with van der Waals surface area (Å²) in [6.45, 7) is 5.83. The van der Waals surface area contributed by atoms with Crippen LogP contribution in [0.25, 0.3) is 0 Å². The van der Waals surface area contributed by atoms with Crippen LogP contribution in [0, 0.1) is 5.92 Å². The number of nitrogens with zero attached hydrogens (tertiary/aromatic N) is 1. The lowest BCUT2D eigenvalue weighted by molar-refractivity contribution is -0.148. The standard InChI is InChI=1S/C19H29NO6/c1-5-15(12-21)20(11-14(3)19(23)24-4)18(22)13-26-17-9-7-16(8-10-17)25-6-2/h7-10,14-15,21H,5-6,11-13H2,1-4H3. The highest BCUT2D eigenvalue weighted by Gasteiger charge is 2.27. The van der Waals surface area contributed by atoms with E-state index in [2.05, 4.69) is 0 Å². The molecule has 1 aromatic rings. The molecule has 0 bridgehead atoms. The first-order valence-electron chi connectivity index (χ1n) is 8.80. The predicted molar refractivity (Wildman–Crippen MR) is 97.2 cm³/mol. The number of aliphatic hydroxyl groups is 1. The van der Waals surface area contributed by atoms with Crippen molar-refractivity contribution in [2.24, 2.45) is 5.92 Å². The molecular formula is C19H29NO6. The van der Waals surface area contributed by atoms with E-state index in [0.29, 0.717) is 18.8 Å².